The molecule has 0 aromatic carbocycles. The highest BCUT2D eigenvalue weighted by atomic mass is 16.2. The fourth-order valence-electron chi connectivity index (χ4n) is 4.91. The second-order valence-corrected chi connectivity index (χ2v) is 9.22. The second kappa shape index (κ2) is 10.7. The van der Waals surface area contributed by atoms with E-state index in [0.717, 1.165) is 91.1 Å². The highest BCUT2D eigenvalue weighted by molar-refractivity contribution is 5.79. The van der Waals surface area contributed by atoms with Crippen molar-refractivity contribution in [1.29, 1.82) is 0 Å². The van der Waals surface area contributed by atoms with Crippen LogP contribution in [0.2, 0.25) is 0 Å². The summed E-state index contributed by atoms with van der Waals surface area (Å²) in [5.41, 5.74) is 0. The van der Waals surface area contributed by atoms with Crippen molar-refractivity contribution in [3.8, 4) is 0 Å². The third-order valence-electron chi connectivity index (χ3n) is 7.20. The number of likely N-dealkylation sites (tertiary alicyclic amines) is 2. The van der Waals surface area contributed by atoms with Gasteiger partial charge in [-0.05, 0) is 52.9 Å². The van der Waals surface area contributed by atoms with E-state index in [-0.39, 0.29) is 5.92 Å². The summed E-state index contributed by atoms with van der Waals surface area (Å²) < 4.78 is 0. The highest BCUT2D eigenvalue weighted by Gasteiger charge is 2.34. The molecular formula is C22H41N5O2. The molecule has 0 saturated carbocycles. The predicted molar refractivity (Wildman–Crippen MR) is 116 cm³/mol. The lowest BCUT2D eigenvalue weighted by Gasteiger charge is -2.43. The number of rotatable bonds is 6. The number of piperidine rings is 2. The lowest BCUT2D eigenvalue weighted by atomic mass is 9.92. The van der Waals surface area contributed by atoms with Crippen LogP contribution in [0, 0.1) is 5.92 Å². The summed E-state index contributed by atoms with van der Waals surface area (Å²) in [5, 5.41) is 0. The molecule has 0 spiro atoms. The van der Waals surface area contributed by atoms with Gasteiger partial charge in [0, 0.05) is 64.8 Å². The summed E-state index contributed by atoms with van der Waals surface area (Å²) in [7, 11) is 4.19. The average Bonchev–Trinajstić information content (AvgIpc) is 2.77. The Labute approximate surface area is 177 Å². The van der Waals surface area contributed by atoms with Crippen molar-refractivity contribution in [3.05, 3.63) is 0 Å². The molecule has 0 bridgehead atoms. The van der Waals surface area contributed by atoms with Gasteiger partial charge >= 0.3 is 0 Å². The van der Waals surface area contributed by atoms with Crippen LogP contribution in [0.1, 0.15) is 39.0 Å². The molecule has 0 N–H and O–H groups in total. The van der Waals surface area contributed by atoms with Crippen molar-refractivity contribution in [2.24, 2.45) is 5.92 Å². The van der Waals surface area contributed by atoms with Gasteiger partial charge in [-0.3, -0.25) is 14.5 Å². The standard InChI is InChI=1S/C22H41N5O2/c1-4-23(2)11-9-21(28)25-12-7-20(8-13-25)27-10-5-6-19(18-27)22(29)26-16-14-24(3)15-17-26/h19-20H,4-18H2,1-3H3/t19-/m0/s1. The first kappa shape index (κ1) is 22.5. The third-order valence-corrected chi connectivity index (χ3v) is 7.20. The first-order valence-corrected chi connectivity index (χ1v) is 11.7. The van der Waals surface area contributed by atoms with E-state index in [2.05, 4.69) is 45.5 Å². The van der Waals surface area contributed by atoms with Crippen LogP contribution in [0.4, 0.5) is 0 Å². The van der Waals surface area contributed by atoms with Gasteiger partial charge in [0.05, 0.1) is 5.92 Å². The lowest BCUT2D eigenvalue weighted by molar-refractivity contribution is -0.139. The van der Waals surface area contributed by atoms with Gasteiger partial charge in [-0.25, -0.2) is 0 Å². The molecule has 0 aromatic rings. The SMILES string of the molecule is CCN(C)CCC(=O)N1CCC(N2CCC[C@H](C(=O)N3CCN(C)CC3)C2)CC1. The topological polar surface area (TPSA) is 50.3 Å². The number of carbonyl (C=O) groups excluding carboxylic acids is 2. The van der Waals surface area contributed by atoms with Crippen LogP contribution < -0.4 is 0 Å². The first-order chi connectivity index (χ1) is 14.0. The molecule has 3 saturated heterocycles. The summed E-state index contributed by atoms with van der Waals surface area (Å²) in [6.45, 7) is 11.4. The largest absolute Gasteiger partial charge is 0.343 e. The number of likely N-dealkylation sites (N-methyl/N-ethyl adjacent to an activating group) is 1. The molecule has 0 aliphatic carbocycles. The number of piperazine rings is 1. The van der Waals surface area contributed by atoms with Crippen molar-refractivity contribution >= 4 is 11.8 Å². The molecule has 0 unspecified atom stereocenters. The molecule has 0 aromatic heterocycles. The van der Waals surface area contributed by atoms with Gasteiger partial charge in [0.2, 0.25) is 11.8 Å². The normalized spacial score (nSPS) is 25.6. The van der Waals surface area contributed by atoms with E-state index < -0.39 is 0 Å². The molecule has 1 atom stereocenters. The Morgan fingerprint density at radius 3 is 2.28 bits per heavy atom. The molecule has 3 fully saturated rings. The summed E-state index contributed by atoms with van der Waals surface area (Å²) in [6.07, 6.45) is 4.87. The zero-order valence-electron chi connectivity index (χ0n) is 18.8. The number of hydrogen-bond acceptors (Lipinski definition) is 5. The minimum absolute atomic E-state index is 0.163. The maximum atomic E-state index is 13.0. The fraction of sp³-hybridized carbons (Fsp3) is 0.909. The smallest absolute Gasteiger partial charge is 0.227 e. The van der Waals surface area contributed by atoms with E-state index in [1.807, 2.05) is 0 Å². The Kier molecular flexibility index (Phi) is 8.33. The van der Waals surface area contributed by atoms with Gasteiger partial charge in [0.25, 0.3) is 0 Å². The van der Waals surface area contributed by atoms with Crippen LogP contribution in [0.3, 0.4) is 0 Å². The predicted octanol–water partition coefficient (Wildman–Crippen LogP) is 0.805. The van der Waals surface area contributed by atoms with Crippen LogP contribution in [-0.4, -0.2) is 122 Å². The van der Waals surface area contributed by atoms with E-state index in [9.17, 15) is 9.59 Å². The molecule has 7 nitrogen and oxygen atoms in total. The maximum absolute atomic E-state index is 13.0. The molecule has 3 rings (SSSR count). The van der Waals surface area contributed by atoms with Gasteiger partial charge in [-0.1, -0.05) is 6.92 Å². The van der Waals surface area contributed by atoms with Gasteiger partial charge in [0.15, 0.2) is 0 Å². The Balaban J connectivity index is 1.43. The van der Waals surface area contributed by atoms with E-state index in [0.29, 0.717) is 24.3 Å². The fourth-order valence-corrected chi connectivity index (χ4v) is 4.91. The summed E-state index contributed by atoms with van der Waals surface area (Å²) in [6, 6.07) is 0.528. The molecule has 3 aliphatic heterocycles. The molecule has 2 amide bonds. The molecule has 7 heteroatoms. The van der Waals surface area contributed by atoms with Crippen LogP contribution >= 0.6 is 0 Å². The van der Waals surface area contributed by atoms with E-state index in [1.54, 1.807) is 0 Å². The van der Waals surface area contributed by atoms with E-state index in [4.69, 9.17) is 0 Å². The quantitative estimate of drug-likeness (QED) is 0.652. The molecular weight excluding hydrogens is 366 g/mol. The number of amides is 2. The Morgan fingerprint density at radius 2 is 1.62 bits per heavy atom. The molecule has 29 heavy (non-hydrogen) atoms. The van der Waals surface area contributed by atoms with Gasteiger partial charge in [0.1, 0.15) is 0 Å². The van der Waals surface area contributed by atoms with Crippen LogP contribution in [-0.2, 0) is 9.59 Å². The summed E-state index contributed by atoms with van der Waals surface area (Å²) >= 11 is 0. The number of carbonyl (C=O) groups is 2. The number of hydrogen-bond donors (Lipinski definition) is 0. The van der Waals surface area contributed by atoms with Crippen molar-refractivity contribution in [2.45, 2.75) is 45.1 Å². The van der Waals surface area contributed by atoms with E-state index in [1.165, 1.54) is 0 Å². The maximum Gasteiger partial charge on any atom is 0.227 e. The summed E-state index contributed by atoms with van der Waals surface area (Å²) in [4.78, 5) is 36.7. The minimum atomic E-state index is 0.163. The monoisotopic (exact) mass is 407 g/mol. The molecule has 3 heterocycles. The van der Waals surface area contributed by atoms with Crippen LogP contribution in [0.5, 0.6) is 0 Å². The molecule has 166 valence electrons. The average molecular weight is 408 g/mol. The Bertz CT molecular complexity index is 541. The molecule has 0 radical (unpaired) electrons. The van der Waals surface area contributed by atoms with E-state index >= 15 is 0 Å². The summed E-state index contributed by atoms with van der Waals surface area (Å²) in [5.74, 6) is 0.831. The van der Waals surface area contributed by atoms with Crippen molar-refractivity contribution in [1.82, 2.24) is 24.5 Å². The lowest BCUT2D eigenvalue weighted by Crippen LogP contribution is -2.54. The van der Waals surface area contributed by atoms with Gasteiger partial charge in [-0.2, -0.15) is 0 Å². The number of nitrogens with zero attached hydrogens (tertiary/aromatic N) is 5. The highest BCUT2D eigenvalue weighted by Crippen LogP contribution is 2.25. The Hall–Kier alpha value is -1.18. The van der Waals surface area contributed by atoms with Crippen LogP contribution in [0.15, 0.2) is 0 Å². The van der Waals surface area contributed by atoms with Gasteiger partial charge in [-0.15, -0.1) is 0 Å². The van der Waals surface area contributed by atoms with Crippen molar-refractivity contribution in [3.63, 3.8) is 0 Å². The van der Waals surface area contributed by atoms with Crippen molar-refractivity contribution < 1.29 is 9.59 Å². The zero-order valence-corrected chi connectivity index (χ0v) is 18.8. The molecule has 3 aliphatic rings. The first-order valence-electron chi connectivity index (χ1n) is 11.7. The zero-order chi connectivity index (χ0) is 20.8. The van der Waals surface area contributed by atoms with Crippen LogP contribution in [0.25, 0.3) is 0 Å². The Morgan fingerprint density at radius 1 is 0.931 bits per heavy atom. The van der Waals surface area contributed by atoms with Crippen molar-refractivity contribution in [2.75, 3.05) is 79.5 Å². The second-order valence-electron chi connectivity index (χ2n) is 9.22. The minimum Gasteiger partial charge on any atom is -0.343 e. The van der Waals surface area contributed by atoms with Gasteiger partial charge < -0.3 is 19.6 Å². The third kappa shape index (κ3) is 6.15.